The molecule has 1 aliphatic rings. The lowest BCUT2D eigenvalue weighted by Crippen LogP contribution is -2.36. The summed E-state index contributed by atoms with van der Waals surface area (Å²) in [7, 11) is 2.91. The fourth-order valence-electron chi connectivity index (χ4n) is 3.45. The molecule has 178 valence electrons. The standard InChI is InChI=1S/C23H24ClF3N2O4/c1-31-20-12-15(11-19(24)22(20)32-2)3-6-21(30)28-14-16-4-5-17(13-18(16)23(25,26)27)29-7-9-33-10-8-29/h3-6,11-13H,7-10,14H2,1-2H3,(H,28,30). The Balaban J connectivity index is 1.71. The maximum absolute atomic E-state index is 13.7. The molecule has 6 nitrogen and oxygen atoms in total. The Hall–Kier alpha value is -2.91. The Morgan fingerprint density at radius 3 is 2.55 bits per heavy atom. The topological polar surface area (TPSA) is 60.0 Å². The van der Waals surface area contributed by atoms with Gasteiger partial charge in [0.25, 0.3) is 0 Å². The van der Waals surface area contributed by atoms with Crippen LogP contribution in [0.15, 0.2) is 36.4 Å². The number of nitrogens with one attached hydrogen (secondary N) is 1. The van der Waals surface area contributed by atoms with E-state index in [4.69, 9.17) is 25.8 Å². The van der Waals surface area contributed by atoms with E-state index >= 15 is 0 Å². The average Bonchev–Trinajstić information content (AvgIpc) is 2.80. The Labute approximate surface area is 194 Å². The van der Waals surface area contributed by atoms with Crippen molar-refractivity contribution in [3.63, 3.8) is 0 Å². The van der Waals surface area contributed by atoms with Gasteiger partial charge in [-0.25, -0.2) is 0 Å². The van der Waals surface area contributed by atoms with Crippen LogP contribution in [0.4, 0.5) is 18.9 Å². The van der Waals surface area contributed by atoms with E-state index in [0.29, 0.717) is 54.1 Å². The van der Waals surface area contributed by atoms with Gasteiger partial charge in [-0.2, -0.15) is 13.2 Å². The van der Waals surface area contributed by atoms with Crippen molar-refractivity contribution in [1.29, 1.82) is 0 Å². The molecule has 2 aromatic rings. The number of halogens is 4. The third kappa shape index (κ3) is 6.33. The highest BCUT2D eigenvalue weighted by atomic mass is 35.5. The first-order chi connectivity index (χ1) is 15.7. The summed E-state index contributed by atoms with van der Waals surface area (Å²) >= 11 is 6.14. The molecule has 1 fully saturated rings. The smallest absolute Gasteiger partial charge is 0.416 e. The van der Waals surface area contributed by atoms with Crippen LogP contribution in [0.2, 0.25) is 5.02 Å². The maximum atomic E-state index is 13.7. The number of alkyl halides is 3. The van der Waals surface area contributed by atoms with Crippen molar-refractivity contribution in [2.75, 3.05) is 45.4 Å². The molecule has 1 heterocycles. The van der Waals surface area contributed by atoms with E-state index in [-0.39, 0.29) is 12.1 Å². The average molecular weight is 485 g/mol. The van der Waals surface area contributed by atoms with Gasteiger partial charge in [0.15, 0.2) is 11.5 Å². The van der Waals surface area contributed by atoms with E-state index in [2.05, 4.69) is 5.32 Å². The van der Waals surface area contributed by atoms with E-state index in [1.54, 1.807) is 18.2 Å². The Morgan fingerprint density at radius 2 is 1.91 bits per heavy atom. The first-order valence-electron chi connectivity index (χ1n) is 10.1. The molecule has 10 heteroatoms. The van der Waals surface area contributed by atoms with Crippen LogP contribution in [-0.2, 0) is 22.3 Å². The number of nitrogens with zero attached hydrogens (tertiary/aromatic N) is 1. The van der Waals surface area contributed by atoms with Crippen LogP contribution in [0.25, 0.3) is 6.08 Å². The molecule has 1 aliphatic heterocycles. The van der Waals surface area contributed by atoms with Crippen molar-refractivity contribution in [1.82, 2.24) is 5.32 Å². The van der Waals surface area contributed by atoms with Crippen molar-refractivity contribution in [3.05, 3.63) is 58.1 Å². The molecule has 0 saturated carbocycles. The predicted octanol–water partition coefficient (Wildman–Crippen LogP) is 4.54. The lowest BCUT2D eigenvalue weighted by atomic mass is 10.0. The first-order valence-corrected chi connectivity index (χ1v) is 10.5. The van der Waals surface area contributed by atoms with Crippen LogP contribution in [0, 0.1) is 0 Å². The Bertz CT molecular complexity index is 1020. The van der Waals surface area contributed by atoms with Gasteiger partial charge in [0.1, 0.15) is 0 Å². The molecule has 0 aliphatic carbocycles. The summed E-state index contributed by atoms with van der Waals surface area (Å²) in [5.41, 5.74) is 0.252. The third-order valence-corrected chi connectivity index (χ3v) is 5.39. The summed E-state index contributed by atoms with van der Waals surface area (Å²) in [6.07, 6.45) is -1.85. The molecule has 0 radical (unpaired) electrons. The summed E-state index contributed by atoms with van der Waals surface area (Å²) < 4.78 is 56.6. The molecule has 1 amide bonds. The van der Waals surface area contributed by atoms with Gasteiger partial charge in [-0.15, -0.1) is 0 Å². The number of methoxy groups -OCH3 is 2. The van der Waals surface area contributed by atoms with Gasteiger partial charge >= 0.3 is 6.18 Å². The molecule has 0 aromatic heterocycles. The highest BCUT2D eigenvalue weighted by molar-refractivity contribution is 6.32. The second-order valence-corrected chi connectivity index (χ2v) is 7.64. The normalized spacial score (nSPS) is 14.4. The number of ether oxygens (including phenoxy) is 3. The quantitative estimate of drug-likeness (QED) is 0.585. The van der Waals surface area contributed by atoms with Crippen molar-refractivity contribution >= 4 is 29.3 Å². The van der Waals surface area contributed by atoms with E-state index in [1.807, 2.05) is 4.90 Å². The van der Waals surface area contributed by atoms with Crippen LogP contribution in [0.3, 0.4) is 0 Å². The van der Waals surface area contributed by atoms with Crippen LogP contribution >= 0.6 is 11.6 Å². The summed E-state index contributed by atoms with van der Waals surface area (Å²) in [6, 6.07) is 7.35. The number of rotatable bonds is 7. The Kier molecular flexibility index (Phi) is 8.10. The zero-order valence-electron chi connectivity index (χ0n) is 18.2. The highest BCUT2D eigenvalue weighted by Crippen LogP contribution is 2.37. The molecule has 1 saturated heterocycles. The second kappa shape index (κ2) is 10.8. The zero-order valence-corrected chi connectivity index (χ0v) is 18.9. The van der Waals surface area contributed by atoms with Crippen LogP contribution in [0.1, 0.15) is 16.7 Å². The minimum absolute atomic E-state index is 0.0181. The molecular formula is C23H24ClF3N2O4. The number of hydrogen-bond acceptors (Lipinski definition) is 5. The number of carbonyl (C=O) groups is 1. The SMILES string of the molecule is COc1cc(C=CC(=O)NCc2ccc(N3CCOCC3)cc2C(F)(F)F)cc(Cl)c1OC. The van der Waals surface area contributed by atoms with Crippen molar-refractivity contribution < 1.29 is 32.2 Å². The minimum Gasteiger partial charge on any atom is -0.493 e. The third-order valence-electron chi connectivity index (χ3n) is 5.11. The molecule has 33 heavy (non-hydrogen) atoms. The zero-order chi connectivity index (χ0) is 24.0. The molecule has 0 unspecified atom stereocenters. The van der Waals surface area contributed by atoms with Crippen LogP contribution in [0.5, 0.6) is 11.5 Å². The molecule has 0 bridgehead atoms. The molecular weight excluding hydrogens is 461 g/mol. The van der Waals surface area contributed by atoms with E-state index in [9.17, 15) is 18.0 Å². The highest BCUT2D eigenvalue weighted by Gasteiger charge is 2.34. The van der Waals surface area contributed by atoms with Gasteiger partial charge in [0.05, 0.1) is 38.0 Å². The molecule has 3 rings (SSSR count). The van der Waals surface area contributed by atoms with Crippen LogP contribution < -0.4 is 19.7 Å². The number of amides is 1. The number of benzene rings is 2. The van der Waals surface area contributed by atoms with Gasteiger partial charge in [-0.05, 0) is 41.5 Å². The molecule has 1 N–H and O–H groups in total. The Morgan fingerprint density at radius 1 is 1.18 bits per heavy atom. The monoisotopic (exact) mass is 484 g/mol. The molecule has 0 spiro atoms. The van der Waals surface area contributed by atoms with Gasteiger partial charge in [-0.3, -0.25) is 4.79 Å². The van der Waals surface area contributed by atoms with Gasteiger partial charge < -0.3 is 24.4 Å². The minimum atomic E-state index is -4.55. The lowest BCUT2D eigenvalue weighted by Gasteiger charge is -2.29. The van der Waals surface area contributed by atoms with Gasteiger partial charge in [-0.1, -0.05) is 17.7 Å². The number of morpholine rings is 1. The van der Waals surface area contributed by atoms with Gasteiger partial charge in [0.2, 0.25) is 5.91 Å². The summed E-state index contributed by atoms with van der Waals surface area (Å²) in [5, 5.41) is 2.80. The van der Waals surface area contributed by atoms with Crippen LogP contribution in [-0.4, -0.2) is 46.4 Å². The largest absolute Gasteiger partial charge is 0.493 e. The summed E-state index contributed by atoms with van der Waals surface area (Å²) in [5.74, 6) is 0.201. The lowest BCUT2D eigenvalue weighted by molar-refractivity contribution is -0.138. The number of anilines is 1. The van der Waals surface area contributed by atoms with Crippen molar-refractivity contribution in [3.8, 4) is 11.5 Å². The van der Waals surface area contributed by atoms with Gasteiger partial charge in [0, 0.05) is 31.4 Å². The van der Waals surface area contributed by atoms with E-state index in [0.717, 1.165) is 6.07 Å². The summed E-state index contributed by atoms with van der Waals surface area (Å²) in [4.78, 5) is 14.1. The summed E-state index contributed by atoms with van der Waals surface area (Å²) in [6.45, 7) is 1.72. The fourth-order valence-corrected chi connectivity index (χ4v) is 3.74. The van der Waals surface area contributed by atoms with E-state index < -0.39 is 17.6 Å². The van der Waals surface area contributed by atoms with E-state index in [1.165, 1.54) is 32.4 Å². The maximum Gasteiger partial charge on any atom is 0.416 e. The fraction of sp³-hybridized carbons (Fsp3) is 0.348. The van der Waals surface area contributed by atoms with Crippen molar-refractivity contribution in [2.45, 2.75) is 12.7 Å². The molecule has 2 aromatic carbocycles. The number of carbonyl (C=O) groups excluding carboxylic acids is 1. The number of hydrogen-bond donors (Lipinski definition) is 1. The first kappa shape index (κ1) is 24.7. The second-order valence-electron chi connectivity index (χ2n) is 7.23. The predicted molar refractivity (Wildman–Crippen MR) is 120 cm³/mol. The molecule has 0 atom stereocenters. The van der Waals surface area contributed by atoms with Crippen molar-refractivity contribution in [2.24, 2.45) is 0 Å².